The number of carbonyl (C=O) groups is 1. The van der Waals surface area contributed by atoms with Crippen LogP contribution in [0.3, 0.4) is 0 Å². The van der Waals surface area contributed by atoms with Crippen LogP contribution in [0.5, 0.6) is 0 Å². The Labute approximate surface area is 202 Å². The first-order valence-electron chi connectivity index (χ1n) is 11.5. The van der Waals surface area contributed by atoms with E-state index in [-0.39, 0.29) is 35.9 Å². The molecule has 1 atom stereocenters. The summed E-state index contributed by atoms with van der Waals surface area (Å²) in [5, 5.41) is 8.21. The van der Waals surface area contributed by atoms with Crippen LogP contribution >= 0.6 is 24.0 Å². The number of halogens is 1. The zero-order valence-corrected chi connectivity index (χ0v) is 21.1. The topological polar surface area (TPSA) is 72.5 Å². The summed E-state index contributed by atoms with van der Waals surface area (Å²) in [6.45, 7) is 7.44. The summed E-state index contributed by atoms with van der Waals surface area (Å²) in [5.41, 5.74) is 3.80. The lowest BCUT2D eigenvalue weighted by atomic mass is 10.1. The molecular weight excluding hydrogens is 501 g/mol. The number of nitrogens with one attached hydrogen (secondary N) is 3. The van der Waals surface area contributed by atoms with E-state index in [0.29, 0.717) is 5.91 Å². The molecule has 1 aliphatic heterocycles. The Morgan fingerprint density at radius 1 is 1.26 bits per heavy atom. The van der Waals surface area contributed by atoms with Crippen molar-refractivity contribution in [2.75, 3.05) is 26.2 Å². The second-order valence-electron chi connectivity index (χ2n) is 8.72. The van der Waals surface area contributed by atoms with E-state index in [0.717, 1.165) is 57.8 Å². The molecule has 0 radical (unpaired) electrons. The predicted octanol–water partition coefficient (Wildman–Crippen LogP) is 3.98. The van der Waals surface area contributed by atoms with Gasteiger partial charge in [0.05, 0.1) is 0 Å². The normalized spacial score (nSPS) is 19.6. The molecular formula is C24H36IN5O. The molecule has 7 heteroatoms. The summed E-state index contributed by atoms with van der Waals surface area (Å²) < 4.78 is 0. The molecule has 2 aromatic rings. The Hall–Kier alpha value is -1.77. The fourth-order valence-corrected chi connectivity index (χ4v) is 4.88. The third kappa shape index (κ3) is 5.73. The minimum absolute atomic E-state index is 0. The van der Waals surface area contributed by atoms with Crippen molar-refractivity contribution in [2.45, 2.75) is 58.4 Å². The van der Waals surface area contributed by atoms with Crippen molar-refractivity contribution in [3.8, 4) is 0 Å². The number of nitrogens with zero attached hydrogens (tertiary/aromatic N) is 2. The van der Waals surface area contributed by atoms with E-state index < -0.39 is 0 Å². The highest BCUT2D eigenvalue weighted by atomic mass is 127. The number of aromatic nitrogens is 1. The fraction of sp³-hybridized carbons (Fsp3) is 0.583. The van der Waals surface area contributed by atoms with Crippen molar-refractivity contribution in [1.82, 2.24) is 20.5 Å². The Morgan fingerprint density at radius 3 is 2.84 bits per heavy atom. The Morgan fingerprint density at radius 2 is 2.06 bits per heavy atom. The van der Waals surface area contributed by atoms with E-state index in [2.05, 4.69) is 58.8 Å². The number of fused-ring (bicyclic) bond motifs is 1. The second kappa shape index (κ2) is 11.2. The SMILES string of the molecule is CCNC(=NCCc1c[nH]c2c(C)cccc12)NC1CCN(C(=O)C2CCCC2)C1.I. The predicted molar refractivity (Wildman–Crippen MR) is 138 cm³/mol. The Kier molecular flexibility index (Phi) is 8.63. The van der Waals surface area contributed by atoms with E-state index in [1.54, 1.807) is 0 Å². The highest BCUT2D eigenvalue weighted by molar-refractivity contribution is 14.0. The van der Waals surface area contributed by atoms with Crippen LogP contribution in [0.1, 0.15) is 50.2 Å². The van der Waals surface area contributed by atoms with Crippen molar-refractivity contribution in [3.63, 3.8) is 0 Å². The molecule has 1 amide bonds. The zero-order valence-electron chi connectivity index (χ0n) is 18.7. The molecule has 3 N–H and O–H groups in total. The van der Waals surface area contributed by atoms with Gasteiger partial charge >= 0.3 is 0 Å². The number of guanidine groups is 1. The van der Waals surface area contributed by atoms with Gasteiger partial charge in [-0.1, -0.05) is 31.0 Å². The molecule has 2 heterocycles. The third-order valence-electron chi connectivity index (χ3n) is 6.55. The van der Waals surface area contributed by atoms with Crippen molar-refractivity contribution in [2.24, 2.45) is 10.9 Å². The van der Waals surface area contributed by atoms with Gasteiger partial charge in [0, 0.05) is 55.2 Å². The standard InChI is InChI=1S/C24H35N5O.HI/c1-3-25-24(26-13-11-19-15-27-22-17(2)7-6-10-21(19)22)28-20-12-14-29(16-20)23(30)18-8-4-5-9-18;/h6-7,10,15,18,20,27H,3-5,8-9,11-14,16H2,1-2H3,(H2,25,26,28);1H. The highest BCUT2D eigenvalue weighted by Gasteiger charge is 2.32. The van der Waals surface area contributed by atoms with Crippen LogP contribution in [-0.2, 0) is 11.2 Å². The van der Waals surface area contributed by atoms with Crippen LogP contribution in [-0.4, -0.2) is 54.0 Å². The molecule has 1 saturated carbocycles. The largest absolute Gasteiger partial charge is 0.361 e. The van der Waals surface area contributed by atoms with Crippen LogP contribution in [0.2, 0.25) is 0 Å². The molecule has 1 unspecified atom stereocenters. The van der Waals surface area contributed by atoms with E-state index in [1.165, 1.54) is 34.9 Å². The number of benzene rings is 1. The fourth-order valence-electron chi connectivity index (χ4n) is 4.88. The first-order chi connectivity index (χ1) is 14.7. The van der Waals surface area contributed by atoms with Gasteiger partial charge < -0.3 is 20.5 Å². The van der Waals surface area contributed by atoms with Crippen molar-refractivity contribution in [1.29, 1.82) is 0 Å². The Balaban J connectivity index is 0.00000272. The molecule has 1 aromatic heterocycles. The zero-order chi connectivity index (χ0) is 20.9. The summed E-state index contributed by atoms with van der Waals surface area (Å²) in [6.07, 6.45) is 8.56. The van der Waals surface area contributed by atoms with Gasteiger partial charge in [0.15, 0.2) is 5.96 Å². The van der Waals surface area contributed by atoms with E-state index >= 15 is 0 Å². The quantitative estimate of drug-likeness (QED) is 0.297. The van der Waals surface area contributed by atoms with Gasteiger partial charge in [0.1, 0.15) is 0 Å². The first-order valence-corrected chi connectivity index (χ1v) is 11.5. The van der Waals surface area contributed by atoms with Crippen molar-refractivity contribution in [3.05, 3.63) is 35.5 Å². The first kappa shape index (κ1) is 23.9. The maximum absolute atomic E-state index is 12.7. The molecule has 4 rings (SSSR count). The van der Waals surface area contributed by atoms with Gasteiger partial charge in [-0.3, -0.25) is 9.79 Å². The summed E-state index contributed by atoms with van der Waals surface area (Å²) >= 11 is 0. The van der Waals surface area contributed by atoms with E-state index in [1.807, 2.05) is 0 Å². The smallest absolute Gasteiger partial charge is 0.225 e. The highest BCUT2D eigenvalue weighted by Crippen LogP contribution is 2.28. The summed E-state index contributed by atoms with van der Waals surface area (Å²) in [7, 11) is 0. The third-order valence-corrected chi connectivity index (χ3v) is 6.55. The van der Waals surface area contributed by atoms with E-state index in [4.69, 9.17) is 4.99 Å². The minimum atomic E-state index is 0. The number of aromatic amines is 1. The molecule has 31 heavy (non-hydrogen) atoms. The van der Waals surface area contributed by atoms with Gasteiger partial charge in [0.2, 0.25) is 5.91 Å². The second-order valence-corrected chi connectivity index (χ2v) is 8.72. The number of para-hydroxylation sites is 1. The number of rotatable bonds is 6. The van der Waals surface area contributed by atoms with Gasteiger partial charge in [-0.05, 0) is 50.7 Å². The molecule has 1 aromatic carbocycles. The van der Waals surface area contributed by atoms with E-state index in [9.17, 15) is 4.79 Å². The molecule has 1 aliphatic carbocycles. The molecule has 0 bridgehead atoms. The number of aliphatic imine (C=N–C) groups is 1. The number of likely N-dealkylation sites (tertiary alicyclic amines) is 1. The van der Waals surface area contributed by atoms with Crippen molar-refractivity contribution >= 4 is 46.7 Å². The minimum Gasteiger partial charge on any atom is -0.361 e. The van der Waals surface area contributed by atoms with Crippen LogP contribution in [0.15, 0.2) is 29.4 Å². The summed E-state index contributed by atoms with van der Waals surface area (Å²) in [5.74, 6) is 1.49. The number of H-pyrrole nitrogens is 1. The molecule has 170 valence electrons. The summed E-state index contributed by atoms with van der Waals surface area (Å²) in [6, 6.07) is 6.71. The average Bonchev–Trinajstić information content (AvgIpc) is 3.49. The van der Waals surface area contributed by atoms with Gasteiger partial charge in [-0.15, -0.1) is 24.0 Å². The maximum Gasteiger partial charge on any atom is 0.225 e. The average molecular weight is 537 g/mol. The van der Waals surface area contributed by atoms with Gasteiger partial charge in [-0.25, -0.2) is 0 Å². The number of aryl methyl sites for hydroxylation is 1. The number of amides is 1. The molecule has 0 spiro atoms. The van der Waals surface area contributed by atoms with Gasteiger partial charge in [0.25, 0.3) is 0 Å². The van der Waals surface area contributed by atoms with Gasteiger partial charge in [-0.2, -0.15) is 0 Å². The maximum atomic E-state index is 12.7. The molecule has 2 fully saturated rings. The molecule has 2 aliphatic rings. The monoisotopic (exact) mass is 537 g/mol. The van der Waals surface area contributed by atoms with Crippen molar-refractivity contribution < 1.29 is 4.79 Å². The molecule has 6 nitrogen and oxygen atoms in total. The molecule has 1 saturated heterocycles. The lowest BCUT2D eigenvalue weighted by Crippen LogP contribution is -2.45. The lowest BCUT2D eigenvalue weighted by molar-refractivity contribution is -0.134. The Bertz CT molecular complexity index is 903. The summed E-state index contributed by atoms with van der Waals surface area (Å²) in [4.78, 5) is 23.0. The van der Waals surface area contributed by atoms with Crippen LogP contribution < -0.4 is 10.6 Å². The number of hydrogen-bond donors (Lipinski definition) is 3. The van der Waals surface area contributed by atoms with Crippen LogP contribution in [0, 0.1) is 12.8 Å². The number of hydrogen-bond acceptors (Lipinski definition) is 2. The lowest BCUT2D eigenvalue weighted by Gasteiger charge is -2.21. The van der Waals surface area contributed by atoms with Crippen LogP contribution in [0.25, 0.3) is 10.9 Å². The number of carbonyl (C=O) groups excluding carboxylic acids is 1. The van der Waals surface area contributed by atoms with Crippen LogP contribution in [0.4, 0.5) is 0 Å².